The van der Waals surface area contributed by atoms with Crippen molar-refractivity contribution in [3.8, 4) is 16.9 Å². The quantitative estimate of drug-likeness (QED) is 0.394. The van der Waals surface area contributed by atoms with Gasteiger partial charge < -0.3 is 0 Å². The minimum absolute atomic E-state index is 0.0981. The highest BCUT2D eigenvalue weighted by Crippen LogP contribution is 2.26. The zero-order valence-corrected chi connectivity index (χ0v) is 14.4. The number of para-hydroxylation sites is 1. The third kappa shape index (κ3) is 3.67. The van der Waals surface area contributed by atoms with E-state index in [1.807, 2.05) is 30.3 Å². The Balaban J connectivity index is 2.19. The van der Waals surface area contributed by atoms with Crippen LogP contribution in [0.2, 0.25) is 0 Å². The molecule has 0 bridgehead atoms. The van der Waals surface area contributed by atoms with Crippen LogP contribution in [0.15, 0.2) is 66.4 Å². The van der Waals surface area contributed by atoms with Gasteiger partial charge >= 0.3 is 0 Å². The molecule has 130 valence electrons. The number of carbonyl (C=O) groups excluding carboxylic acids is 2. The maximum atomic E-state index is 13.3. The summed E-state index contributed by atoms with van der Waals surface area (Å²) in [6, 6.07) is 15.4. The van der Waals surface area contributed by atoms with Crippen LogP contribution in [0.5, 0.6) is 0 Å². The average Bonchev–Trinajstić information content (AvgIpc) is 3.04. The molecule has 0 aliphatic heterocycles. The molecule has 0 atom stereocenters. The van der Waals surface area contributed by atoms with E-state index in [0.29, 0.717) is 16.8 Å². The molecule has 0 aliphatic carbocycles. The van der Waals surface area contributed by atoms with Crippen molar-refractivity contribution in [2.75, 3.05) is 0 Å². The average molecular weight is 348 g/mol. The second-order valence-corrected chi connectivity index (χ2v) is 5.89. The van der Waals surface area contributed by atoms with Crippen LogP contribution in [0.3, 0.4) is 0 Å². The molecular weight excluding hydrogens is 331 g/mol. The molecule has 0 aliphatic rings. The van der Waals surface area contributed by atoms with E-state index >= 15 is 0 Å². The number of hydrogen-bond acceptors (Lipinski definition) is 3. The molecule has 0 spiro atoms. The first kappa shape index (κ1) is 17.5. The summed E-state index contributed by atoms with van der Waals surface area (Å²) in [7, 11) is 0. The van der Waals surface area contributed by atoms with E-state index in [1.54, 1.807) is 23.0 Å². The highest BCUT2D eigenvalue weighted by molar-refractivity contribution is 6.21. The van der Waals surface area contributed by atoms with Crippen LogP contribution in [-0.4, -0.2) is 21.3 Å². The lowest BCUT2D eigenvalue weighted by Crippen LogP contribution is -2.05. The van der Waals surface area contributed by atoms with E-state index < -0.39 is 0 Å². The lowest BCUT2D eigenvalue weighted by atomic mass is 10.0. The van der Waals surface area contributed by atoms with Crippen molar-refractivity contribution < 1.29 is 14.0 Å². The smallest absolute Gasteiger partial charge is 0.163 e. The van der Waals surface area contributed by atoms with E-state index in [2.05, 4.69) is 5.10 Å². The summed E-state index contributed by atoms with van der Waals surface area (Å²) < 4.78 is 14.9. The highest BCUT2D eigenvalue weighted by atomic mass is 19.1. The van der Waals surface area contributed by atoms with Gasteiger partial charge in [-0.1, -0.05) is 18.2 Å². The number of benzene rings is 2. The lowest BCUT2D eigenvalue weighted by Gasteiger charge is -2.01. The van der Waals surface area contributed by atoms with E-state index in [4.69, 9.17) is 0 Å². The van der Waals surface area contributed by atoms with Gasteiger partial charge in [-0.25, -0.2) is 9.07 Å². The monoisotopic (exact) mass is 348 g/mol. The Morgan fingerprint density at radius 3 is 2.15 bits per heavy atom. The number of nitrogens with zero attached hydrogens (tertiary/aromatic N) is 2. The Hall–Kier alpha value is -3.34. The fourth-order valence-corrected chi connectivity index (χ4v) is 2.64. The molecule has 0 radical (unpaired) electrons. The van der Waals surface area contributed by atoms with Gasteiger partial charge in [0.2, 0.25) is 0 Å². The molecular formula is C21H17FN2O2. The minimum atomic E-state index is -0.346. The van der Waals surface area contributed by atoms with Gasteiger partial charge in [-0.3, -0.25) is 9.59 Å². The summed E-state index contributed by atoms with van der Waals surface area (Å²) in [5, 5.41) is 4.58. The second-order valence-electron chi connectivity index (χ2n) is 5.89. The predicted octanol–water partition coefficient (Wildman–Crippen LogP) is 4.24. The number of aromatic nitrogens is 2. The number of carbonyl (C=O) groups is 2. The van der Waals surface area contributed by atoms with Gasteiger partial charge in [0, 0.05) is 17.3 Å². The van der Waals surface area contributed by atoms with Crippen molar-refractivity contribution in [2.45, 2.75) is 13.8 Å². The molecule has 0 fully saturated rings. The van der Waals surface area contributed by atoms with Gasteiger partial charge in [-0.05, 0) is 56.3 Å². The van der Waals surface area contributed by atoms with Crippen LogP contribution in [0.1, 0.15) is 19.4 Å². The largest absolute Gasteiger partial charge is 0.294 e. The summed E-state index contributed by atoms with van der Waals surface area (Å²) in [5.74, 6) is -0.966. The summed E-state index contributed by atoms with van der Waals surface area (Å²) in [4.78, 5) is 23.6. The zero-order valence-electron chi connectivity index (χ0n) is 14.4. The molecule has 1 heterocycles. The molecule has 0 unspecified atom stereocenters. The van der Waals surface area contributed by atoms with Crippen LogP contribution in [-0.2, 0) is 9.59 Å². The highest BCUT2D eigenvalue weighted by Gasteiger charge is 2.15. The molecule has 3 aromatic rings. The number of rotatable bonds is 5. The maximum Gasteiger partial charge on any atom is 0.163 e. The molecule has 3 rings (SSSR count). The first-order valence-electron chi connectivity index (χ1n) is 8.10. The van der Waals surface area contributed by atoms with Crippen molar-refractivity contribution in [2.24, 2.45) is 0 Å². The van der Waals surface area contributed by atoms with Crippen LogP contribution < -0.4 is 0 Å². The van der Waals surface area contributed by atoms with E-state index in [1.165, 1.54) is 32.1 Å². The number of allylic oxidation sites excluding steroid dienone is 1. The Morgan fingerprint density at radius 2 is 1.58 bits per heavy atom. The van der Waals surface area contributed by atoms with Gasteiger partial charge in [0.25, 0.3) is 0 Å². The maximum absolute atomic E-state index is 13.3. The Kier molecular flexibility index (Phi) is 4.89. The molecule has 0 N–H and O–H groups in total. The van der Waals surface area contributed by atoms with Gasteiger partial charge in [-0.15, -0.1) is 0 Å². The topological polar surface area (TPSA) is 52.0 Å². The lowest BCUT2D eigenvalue weighted by molar-refractivity contribution is -0.119. The van der Waals surface area contributed by atoms with Crippen molar-refractivity contribution in [3.63, 3.8) is 0 Å². The SMILES string of the molecule is CC(=O)C(=Cc1cn(-c2ccccc2)nc1-c1ccc(F)cc1)C(C)=O. The second kappa shape index (κ2) is 7.27. The first-order chi connectivity index (χ1) is 12.5. The van der Waals surface area contributed by atoms with Crippen LogP contribution >= 0.6 is 0 Å². The number of halogens is 1. The van der Waals surface area contributed by atoms with Gasteiger partial charge in [0.05, 0.1) is 17.0 Å². The van der Waals surface area contributed by atoms with E-state index in [9.17, 15) is 14.0 Å². The van der Waals surface area contributed by atoms with Crippen LogP contribution in [0.25, 0.3) is 23.0 Å². The Labute approximate surface area is 150 Å². The molecule has 1 aromatic heterocycles. The third-order valence-corrected chi connectivity index (χ3v) is 3.94. The summed E-state index contributed by atoms with van der Waals surface area (Å²) >= 11 is 0. The van der Waals surface area contributed by atoms with E-state index in [-0.39, 0.29) is 23.0 Å². The normalized spacial score (nSPS) is 10.4. The summed E-state index contributed by atoms with van der Waals surface area (Å²) in [5.41, 5.74) is 2.80. The fraction of sp³-hybridized carbons (Fsp3) is 0.0952. The minimum Gasteiger partial charge on any atom is -0.294 e. The van der Waals surface area contributed by atoms with Crippen molar-refractivity contribution in [1.82, 2.24) is 9.78 Å². The Bertz CT molecular complexity index is 971. The van der Waals surface area contributed by atoms with E-state index in [0.717, 1.165) is 5.69 Å². The molecule has 2 aromatic carbocycles. The molecule has 5 heteroatoms. The summed E-state index contributed by atoms with van der Waals surface area (Å²) in [6.45, 7) is 2.71. The first-order valence-corrected chi connectivity index (χ1v) is 8.10. The standard InChI is InChI=1S/C21H17FN2O2/c1-14(25)20(15(2)26)12-17-13-24(19-6-4-3-5-7-19)23-21(17)16-8-10-18(22)11-9-16/h3-13H,1-2H3. The predicted molar refractivity (Wildman–Crippen MR) is 98.3 cm³/mol. The van der Waals surface area contributed by atoms with Gasteiger partial charge in [0.1, 0.15) is 5.82 Å². The molecule has 0 saturated heterocycles. The molecule has 0 saturated carbocycles. The van der Waals surface area contributed by atoms with Gasteiger partial charge in [-0.2, -0.15) is 5.10 Å². The summed E-state index contributed by atoms with van der Waals surface area (Å²) in [6.07, 6.45) is 3.29. The molecule has 0 amide bonds. The third-order valence-electron chi connectivity index (χ3n) is 3.94. The van der Waals surface area contributed by atoms with Crippen LogP contribution in [0, 0.1) is 5.82 Å². The fourth-order valence-electron chi connectivity index (χ4n) is 2.64. The van der Waals surface area contributed by atoms with Crippen molar-refractivity contribution in [1.29, 1.82) is 0 Å². The van der Waals surface area contributed by atoms with Crippen molar-refractivity contribution >= 4 is 17.6 Å². The number of hydrogen-bond donors (Lipinski definition) is 0. The van der Waals surface area contributed by atoms with Crippen molar-refractivity contribution in [3.05, 3.63) is 77.7 Å². The number of Topliss-reactive ketones (excluding diaryl/α,β-unsaturated/α-hetero) is 2. The zero-order chi connectivity index (χ0) is 18.7. The number of ketones is 2. The Morgan fingerprint density at radius 1 is 0.962 bits per heavy atom. The molecule has 4 nitrogen and oxygen atoms in total. The van der Waals surface area contributed by atoms with Gasteiger partial charge in [0.15, 0.2) is 11.6 Å². The molecule has 26 heavy (non-hydrogen) atoms. The van der Waals surface area contributed by atoms with Crippen LogP contribution in [0.4, 0.5) is 4.39 Å².